The summed E-state index contributed by atoms with van der Waals surface area (Å²) in [6, 6.07) is 4.41. The highest BCUT2D eigenvalue weighted by atomic mass is 16.6. The number of aromatic nitrogens is 4. The van der Waals surface area contributed by atoms with Crippen LogP contribution in [-0.4, -0.2) is 25.4 Å². The van der Waals surface area contributed by atoms with Crippen molar-refractivity contribution in [2.45, 2.75) is 13.5 Å². The Bertz CT molecular complexity index is 857. The zero-order chi connectivity index (χ0) is 16.4. The molecule has 0 aliphatic carbocycles. The number of nitrogen functional groups attached to an aromatic ring is 1. The SMILES string of the molecule is Cc1cc(OCc2nc(-c3nonc3N)no2)ccc1[N+](=O)[O-]. The molecule has 0 bridgehead atoms. The number of ether oxygens (including phenoxy) is 1. The Morgan fingerprint density at radius 3 is 2.83 bits per heavy atom. The Kier molecular flexibility index (Phi) is 3.58. The van der Waals surface area contributed by atoms with E-state index in [0.29, 0.717) is 11.3 Å². The van der Waals surface area contributed by atoms with Gasteiger partial charge in [-0.25, -0.2) is 4.63 Å². The molecule has 11 nitrogen and oxygen atoms in total. The Balaban J connectivity index is 1.70. The third kappa shape index (κ3) is 2.92. The van der Waals surface area contributed by atoms with Crippen molar-refractivity contribution in [2.75, 3.05) is 5.73 Å². The molecule has 118 valence electrons. The van der Waals surface area contributed by atoms with Crippen LogP contribution in [0.4, 0.5) is 11.5 Å². The maximum Gasteiger partial charge on any atom is 0.272 e. The van der Waals surface area contributed by atoms with Gasteiger partial charge in [-0.2, -0.15) is 4.98 Å². The molecule has 0 saturated heterocycles. The van der Waals surface area contributed by atoms with Crippen molar-refractivity contribution in [3.05, 3.63) is 39.8 Å². The van der Waals surface area contributed by atoms with Gasteiger partial charge >= 0.3 is 0 Å². The molecule has 0 fully saturated rings. The Labute approximate surface area is 128 Å². The van der Waals surface area contributed by atoms with Crippen LogP contribution in [0.2, 0.25) is 0 Å². The summed E-state index contributed by atoms with van der Waals surface area (Å²) in [7, 11) is 0. The fourth-order valence-corrected chi connectivity index (χ4v) is 1.83. The molecule has 11 heteroatoms. The van der Waals surface area contributed by atoms with Crippen molar-refractivity contribution in [3.63, 3.8) is 0 Å². The lowest BCUT2D eigenvalue weighted by Gasteiger charge is -2.04. The second-order valence-corrected chi connectivity index (χ2v) is 4.50. The Hall–Kier alpha value is -3.50. The zero-order valence-electron chi connectivity index (χ0n) is 11.8. The Morgan fingerprint density at radius 1 is 1.35 bits per heavy atom. The molecule has 0 spiro atoms. The number of benzene rings is 1. The van der Waals surface area contributed by atoms with E-state index in [2.05, 4.69) is 25.1 Å². The molecular weight excluding hydrogens is 308 g/mol. The number of hydrogen-bond acceptors (Lipinski definition) is 10. The normalized spacial score (nSPS) is 10.7. The van der Waals surface area contributed by atoms with Crippen LogP contribution < -0.4 is 10.5 Å². The van der Waals surface area contributed by atoms with Crippen molar-refractivity contribution in [1.29, 1.82) is 0 Å². The quantitative estimate of drug-likeness (QED) is 0.539. The van der Waals surface area contributed by atoms with Gasteiger partial charge in [-0.3, -0.25) is 10.1 Å². The van der Waals surface area contributed by atoms with Gasteiger partial charge in [-0.1, -0.05) is 5.16 Å². The van der Waals surface area contributed by atoms with Crippen LogP contribution in [0.1, 0.15) is 11.5 Å². The molecular formula is C12H10N6O5. The van der Waals surface area contributed by atoms with E-state index in [9.17, 15) is 10.1 Å². The van der Waals surface area contributed by atoms with Gasteiger partial charge in [0, 0.05) is 11.6 Å². The highest BCUT2D eigenvalue weighted by Crippen LogP contribution is 2.24. The fourth-order valence-electron chi connectivity index (χ4n) is 1.83. The lowest BCUT2D eigenvalue weighted by molar-refractivity contribution is -0.385. The minimum absolute atomic E-state index is 0.0184. The van der Waals surface area contributed by atoms with Crippen molar-refractivity contribution < 1.29 is 18.8 Å². The molecule has 0 atom stereocenters. The van der Waals surface area contributed by atoms with E-state index in [1.54, 1.807) is 13.0 Å². The summed E-state index contributed by atoms with van der Waals surface area (Å²) in [5.41, 5.74) is 6.21. The summed E-state index contributed by atoms with van der Waals surface area (Å²) < 4.78 is 14.9. The predicted molar refractivity (Wildman–Crippen MR) is 74.2 cm³/mol. The first-order valence-electron chi connectivity index (χ1n) is 6.33. The number of hydrogen-bond donors (Lipinski definition) is 1. The summed E-state index contributed by atoms with van der Waals surface area (Å²) in [4.78, 5) is 14.3. The number of nitrogens with two attached hydrogens (primary N) is 1. The van der Waals surface area contributed by atoms with Crippen LogP contribution in [0.5, 0.6) is 5.75 Å². The average Bonchev–Trinajstić information content (AvgIpc) is 3.13. The highest BCUT2D eigenvalue weighted by molar-refractivity contribution is 5.61. The molecule has 2 N–H and O–H groups in total. The molecule has 23 heavy (non-hydrogen) atoms. The molecule has 0 aliphatic heterocycles. The van der Waals surface area contributed by atoms with E-state index in [-0.39, 0.29) is 35.5 Å². The first-order chi connectivity index (χ1) is 11.0. The smallest absolute Gasteiger partial charge is 0.272 e. The van der Waals surface area contributed by atoms with E-state index >= 15 is 0 Å². The highest BCUT2D eigenvalue weighted by Gasteiger charge is 2.17. The molecule has 1 aromatic carbocycles. The van der Waals surface area contributed by atoms with Gasteiger partial charge in [-0.15, -0.1) is 0 Å². The number of nitrogens with zero attached hydrogens (tertiary/aromatic N) is 5. The minimum atomic E-state index is -0.459. The van der Waals surface area contributed by atoms with Gasteiger partial charge in [0.1, 0.15) is 5.75 Å². The zero-order valence-corrected chi connectivity index (χ0v) is 11.8. The maximum atomic E-state index is 10.8. The summed E-state index contributed by atoms with van der Waals surface area (Å²) in [6.07, 6.45) is 0. The number of anilines is 1. The molecule has 3 rings (SSSR count). The van der Waals surface area contributed by atoms with Gasteiger partial charge < -0.3 is 15.0 Å². The van der Waals surface area contributed by atoms with Gasteiger partial charge in [-0.05, 0) is 29.4 Å². The van der Waals surface area contributed by atoms with Crippen LogP contribution in [0, 0.1) is 17.0 Å². The minimum Gasteiger partial charge on any atom is -0.484 e. The molecule has 2 aromatic heterocycles. The lowest BCUT2D eigenvalue weighted by Crippen LogP contribution is -1.98. The van der Waals surface area contributed by atoms with E-state index in [0.717, 1.165) is 0 Å². The van der Waals surface area contributed by atoms with Crippen LogP contribution in [0.3, 0.4) is 0 Å². The van der Waals surface area contributed by atoms with E-state index < -0.39 is 4.92 Å². The molecule has 3 aromatic rings. The monoisotopic (exact) mass is 318 g/mol. The van der Waals surface area contributed by atoms with Crippen LogP contribution in [0.15, 0.2) is 27.4 Å². The second kappa shape index (κ2) is 5.71. The number of aryl methyl sites for hydroxylation is 1. The summed E-state index contributed by atoms with van der Waals surface area (Å²) >= 11 is 0. The fraction of sp³-hybridized carbons (Fsp3) is 0.167. The summed E-state index contributed by atoms with van der Waals surface area (Å²) in [5, 5.41) is 21.4. The second-order valence-electron chi connectivity index (χ2n) is 4.50. The van der Waals surface area contributed by atoms with Gasteiger partial charge in [0.05, 0.1) is 4.92 Å². The third-order valence-corrected chi connectivity index (χ3v) is 2.92. The number of nitro benzene ring substituents is 1. The molecule has 0 saturated carbocycles. The number of nitro groups is 1. The lowest BCUT2D eigenvalue weighted by atomic mass is 10.2. The van der Waals surface area contributed by atoms with E-state index in [1.807, 2.05) is 0 Å². The topological polar surface area (TPSA) is 156 Å². The molecule has 0 unspecified atom stereocenters. The van der Waals surface area contributed by atoms with Crippen LogP contribution in [0.25, 0.3) is 11.5 Å². The van der Waals surface area contributed by atoms with Crippen molar-refractivity contribution >= 4 is 11.5 Å². The third-order valence-electron chi connectivity index (χ3n) is 2.92. The van der Waals surface area contributed by atoms with Gasteiger partial charge in [0.2, 0.25) is 5.82 Å². The average molecular weight is 318 g/mol. The van der Waals surface area contributed by atoms with Gasteiger partial charge in [0.15, 0.2) is 18.1 Å². The Morgan fingerprint density at radius 2 is 2.17 bits per heavy atom. The molecule has 0 amide bonds. The van der Waals surface area contributed by atoms with Crippen molar-refractivity contribution in [1.82, 2.24) is 20.5 Å². The maximum absolute atomic E-state index is 10.8. The summed E-state index contributed by atoms with van der Waals surface area (Å²) in [6.45, 7) is 1.60. The summed E-state index contributed by atoms with van der Waals surface area (Å²) in [5.74, 6) is 0.792. The van der Waals surface area contributed by atoms with Gasteiger partial charge in [0.25, 0.3) is 11.6 Å². The molecule has 0 aliphatic rings. The first kappa shape index (κ1) is 14.4. The molecule has 0 radical (unpaired) electrons. The van der Waals surface area contributed by atoms with E-state index in [1.165, 1.54) is 12.1 Å². The molecule has 2 heterocycles. The largest absolute Gasteiger partial charge is 0.484 e. The van der Waals surface area contributed by atoms with Crippen LogP contribution in [-0.2, 0) is 6.61 Å². The van der Waals surface area contributed by atoms with Crippen molar-refractivity contribution in [2.24, 2.45) is 0 Å². The first-order valence-corrected chi connectivity index (χ1v) is 6.33. The van der Waals surface area contributed by atoms with Crippen molar-refractivity contribution in [3.8, 4) is 17.3 Å². The number of rotatable bonds is 5. The standard InChI is InChI=1S/C12H10N6O5/c1-6-4-7(2-3-8(6)18(19)20)21-5-9-14-12(17-22-9)10-11(13)16-23-15-10/h2-4H,5H2,1H3,(H2,13,16). The van der Waals surface area contributed by atoms with E-state index in [4.69, 9.17) is 15.0 Å². The predicted octanol–water partition coefficient (Wildman–Crippen LogP) is 1.50. The van der Waals surface area contributed by atoms with Crippen LogP contribution >= 0.6 is 0 Å².